The maximum Gasteiger partial charge on any atom is 0.197 e. The SMILES string of the molecule is CCOc1c(C(=O)CF)cc2c(c1Cl)C(C)(C)CC=C2C(C)C. The van der Waals surface area contributed by atoms with Crippen molar-refractivity contribution in [3.63, 3.8) is 0 Å². The summed E-state index contributed by atoms with van der Waals surface area (Å²) in [4.78, 5) is 12.1. The molecule has 0 unspecified atom stereocenters. The van der Waals surface area contributed by atoms with E-state index in [-0.39, 0.29) is 11.0 Å². The molecule has 2 rings (SSSR count). The Labute approximate surface area is 142 Å². The van der Waals surface area contributed by atoms with Gasteiger partial charge in [0.1, 0.15) is 5.75 Å². The predicted molar refractivity (Wildman–Crippen MR) is 93.4 cm³/mol. The molecule has 1 aromatic carbocycles. The number of halogens is 2. The first-order valence-corrected chi connectivity index (χ1v) is 8.41. The van der Waals surface area contributed by atoms with E-state index in [1.165, 1.54) is 0 Å². The average molecular weight is 339 g/mol. The van der Waals surface area contributed by atoms with Crippen LogP contribution in [-0.4, -0.2) is 19.1 Å². The van der Waals surface area contributed by atoms with E-state index in [0.29, 0.717) is 23.3 Å². The number of ketones is 1. The molecule has 0 aromatic heterocycles. The van der Waals surface area contributed by atoms with Crippen LogP contribution in [0, 0.1) is 5.92 Å². The van der Waals surface area contributed by atoms with Crippen LogP contribution in [0.4, 0.5) is 4.39 Å². The largest absolute Gasteiger partial charge is 0.492 e. The number of carbonyl (C=O) groups is 1. The van der Waals surface area contributed by atoms with Crippen molar-refractivity contribution in [3.05, 3.63) is 33.9 Å². The highest BCUT2D eigenvalue weighted by Crippen LogP contribution is 2.49. The Kier molecular flexibility index (Phi) is 5.20. The van der Waals surface area contributed by atoms with Gasteiger partial charge in [-0.3, -0.25) is 4.79 Å². The van der Waals surface area contributed by atoms with Gasteiger partial charge in [0.2, 0.25) is 0 Å². The van der Waals surface area contributed by atoms with Crippen LogP contribution < -0.4 is 4.74 Å². The molecule has 0 bridgehead atoms. The molecule has 126 valence electrons. The van der Waals surface area contributed by atoms with Gasteiger partial charge in [0.05, 0.1) is 17.2 Å². The zero-order chi connectivity index (χ0) is 17.4. The second kappa shape index (κ2) is 6.64. The standard InChI is InChI=1S/C19H24ClFO2/c1-6-23-18-14(15(22)10-21)9-13-12(11(2)3)7-8-19(4,5)16(13)17(18)20/h7,9,11H,6,8,10H2,1-5H3. The molecule has 1 aromatic rings. The zero-order valence-corrected chi connectivity index (χ0v) is 15.2. The number of ether oxygens (including phenoxy) is 1. The Morgan fingerprint density at radius 2 is 2.09 bits per heavy atom. The summed E-state index contributed by atoms with van der Waals surface area (Å²) in [6.45, 7) is 9.60. The van der Waals surface area contributed by atoms with E-state index < -0.39 is 12.5 Å². The number of carbonyl (C=O) groups excluding carboxylic acids is 1. The highest BCUT2D eigenvalue weighted by molar-refractivity contribution is 6.34. The summed E-state index contributed by atoms with van der Waals surface area (Å²) in [7, 11) is 0. The van der Waals surface area contributed by atoms with Crippen molar-refractivity contribution < 1.29 is 13.9 Å². The number of allylic oxidation sites excluding steroid dienone is 2. The number of hydrogen-bond acceptors (Lipinski definition) is 2. The number of hydrogen-bond donors (Lipinski definition) is 0. The summed E-state index contributed by atoms with van der Waals surface area (Å²) >= 11 is 6.64. The van der Waals surface area contributed by atoms with Crippen LogP contribution in [0.5, 0.6) is 5.75 Å². The molecular formula is C19H24ClFO2. The number of alkyl halides is 1. The van der Waals surface area contributed by atoms with Crippen LogP contribution in [0.3, 0.4) is 0 Å². The maximum atomic E-state index is 13.0. The lowest BCUT2D eigenvalue weighted by Crippen LogP contribution is -2.24. The van der Waals surface area contributed by atoms with Gasteiger partial charge in [0, 0.05) is 0 Å². The van der Waals surface area contributed by atoms with Crippen LogP contribution in [0.2, 0.25) is 5.02 Å². The van der Waals surface area contributed by atoms with Crippen LogP contribution in [0.15, 0.2) is 12.1 Å². The Morgan fingerprint density at radius 1 is 1.43 bits per heavy atom. The molecule has 2 nitrogen and oxygen atoms in total. The van der Waals surface area contributed by atoms with Gasteiger partial charge in [-0.2, -0.15) is 0 Å². The lowest BCUT2D eigenvalue weighted by atomic mass is 9.70. The fraction of sp³-hybridized carbons (Fsp3) is 0.526. The van der Waals surface area contributed by atoms with Gasteiger partial charge in [-0.15, -0.1) is 0 Å². The molecule has 0 saturated heterocycles. The fourth-order valence-corrected chi connectivity index (χ4v) is 3.72. The molecule has 0 N–H and O–H groups in total. The predicted octanol–water partition coefficient (Wildman–Crippen LogP) is 5.61. The van der Waals surface area contributed by atoms with Crippen molar-refractivity contribution in [1.29, 1.82) is 0 Å². The lowest BCUT2D eigenvalue weighted by molar-refractivity contribution is 0.0955. The molecule has 4 heteroatoms. The zero-order valence-electron chi connectivity index (χ0n) is 14.4. The highest BCUT2D eigenvalue weighted by atomic mass is 35.5. The van der Waals surface area contributed by atoms with Gasteiger partial charge in [0.15, 0.2) is 12.5 Å². The van der Waals surface area contributed by atoms with E-state index >= 15 is 0 Å². The third kappa shape index (κ3) is 3.16. The molecule has 0 saturated carbocycles. The van der Waals surface area contributed by atoms with E-state index in [0.717, 1.165) is 23.1 Å². The minimum Gasteiger partial charge on any atom is -0.492 e. The van der Waals surface area contributed by atoms with E-state index in [4.69, 9.17) is 16.3 Å². The Bertz CT molecular complexity index is 660. The van der Waals surface area contributed by atoms with Crippen LogP contribution >= 0.6 is 11.6 Å². The van der Waals surface area contributed by atoms with Crippen LogP contribution in [0.25, 0.3) is 5.57 Å². The number of Topliss-reactive ketones (excluding diaryl/α,β-unsaturated/α-hetero) is 1. The topological polar surface area (TPSA) is 26.3 Å². The lowest BCUT2D eigenvalue weighted by Gasteiger charge is -2.35. The van der Waals surface area contributed by atoms with E-state index in [1.807, 2.05) is 6.92 Å². The summed E-state index contributed by atoms with van der Waals surface area (Å²) in [6.07, 6.45) is 3.07. The van der Waals surface area contributed by atoms with Crippen LogP contribution in [-0.2, 0) is 5.41 Å². The summed E-state index contributed by atoms with van der Waals surface area (Å²) in [5, 5.41) is 0.442. The molecule has 0 aliphatic heterocycles. The molecule has 0 amide bonds. The third-order valence-corrected chi connectivity index (χ3v) is 4.73. The number of fused-ring (bicyclic) bond motifs is 1. The Balaban J connectivity index is 2.82. The molecule has 0 spiro atoms. The highest BCUT2D eigenvalue weighted by Gasteiger charge is 2.34. The minimum absolute atomic E-state index is 0.159. The monoisotopic (exact) mass is 338 g/mol. The second-order valence-corrected chi connectivity index (χ2v) is 7.26. The van der Waals surface area contributed by atoms with Crippen molar-refractivity contribution in [2.75, 3.05) is 13.3 Å². The van der Waals surface area contributed by atoms with E-state index in [1.54, 1.807) is 6.07 Å². The smallest absolute Gasteiger partial charge is 0.197 e. The van der Waals surface area contributed by atoms with Gasteiger partial charge in [-0.25, -0.2) is 4.39 Å². The number of benzene rings is 1. The first-order valence-electron chi connectivity index (χ1n) is 8.04. The quantitative estimate of drug-likeness (QED) is 0.652. The first-order chi connectivity index (χ1) is 10.7. The van der Waals surface area contributed by atoms with Crippen molar-refractivity contribution in [2.45, 2.75) is 46.5 Å². The van der Waals surface area contributed by atoms with Gasteiger partial charge in [0.25, 0.3) is 0 Å². The molecule has 0 atom stereocenters. The minimum atomic E-state index is -1.06. The number of rotatable bonds is 5. The summed E-state index contributed by atoms with van der Waals surface area (Å²) in [5.74, 6) is 0.0190. The third-order valence-electron chi connectivity index (χ3n) is 4.37. The molecule has 0 heterocycles. The Hall–Kier alpha value is -1.35. The molecule has 0 fully saturated rings. The summed E-state index contributed by atoms with van der Waals surface area (Å²) in [5.41, 5.74) is 3.17. The van der Waals surface area contributed by atoms with Gasteiger partial charge in [-0.1, -0.05) is 45.4 Å². The van der Waals surface area contributed by atoms with E-state index in [9.17, 15) is 9.18 Å². The maximum absolute atomic E-state index is 13.0. The van der Waals surface area contributed by atoms with E-state index in [2.05, 4.69) is 33.8 Å². The molecule has 23 heavy (non-hydrogen) atoms. The molecular weight excluding hydrogens is 315 g/mol. The van der Waals surface area contributed by atoms with Gasteiger partial charge >= 0.3 is 0 Å². The second-order valence-electron chi connectivity index (χ2n) is 6.88. The Morgan fingerprint density at radius 3 is 2.61 bits per heavy atom. The first kappa shape index (κ1) is 18.0. The van der Waals surface area contributed by atoms with Crippen molar-refractivity contribution in [2.24, 2.45) is 5.92 Å². The average Bonchev–Trinajstić information content (AvgIpc) is 2.47. The molecule has 1 aliphatic rings. The van der Waals surface area contributed by atoms with Crippen molar-refractivity contribution in [3.8, 4) is 5.75 Å². The summed E-state index contributed by atoms with van der Waals surface area (Å²) in [6, 6.07) is 1.76. The van der Waals surface area contributed by atoms with Crippen molar-refractivity contribution >= 4 is 23.0 Å². The summed E-state index contributed by atoms with van der Waals surface area (Å²) < 4.78 is 18.6. The molecule has 0 radical (unpaired) electrons. The van der Waals surface area contributed by atoms with Crippen LogP contribution in [0.1, 0.15) is 62.5 Å². The fourth-order valence-electron chi connectivity index (χ4n) is 3.21. The van der Waals surface area contributed by atoms with Gasteiger partial charge < -0.3 is 4.74 Å². The van der Waals surface area contributed by atoms with Crippen molar-refractivity contribution in [1.82, 2.24) is 0 Å². The molecule has 1 aliphatic carbocycles. The normalized spacial score (nSPS) is 16.1. The van der Waals surface area contributed by atoms with Gasteiger partial charge in [-0.05, 0) is 47.4 Å².